The summed E-state index contributed by atoms with van der Waals surface area (Å²) in [6, 6.07) is 10.5. The number of pyridine rings is 1. The van der Waals surface area contributed by atoms with Crippen molar-refractivity contribution in [1.82, 2.24) is 14.0 Å². The summed E-state index contributed by atoms with van der Waals surface area (Å²) in [5.41, 5.74) is 3.10. The van der Waals surface area contributed by atoms with Gasteiger partial charge in [0.25, 0.3) is 0 Å². The lowest BCUT2D eigenvalue weighted by atomic mass is 10.0. The molecule has 0 radical (unpaired) electrons. The summed E-state index contributed by atoms with van der Waals surface area (Å²) >= 11 is 6.61. The number of rotatable bonds is 6. The third kappa shape index (κ3) is 3.13. The Labute approximate surface area is 164 Å². The summed E-state index contributed by atoms with van der Waals surface area (Å²) in [6.45, 7) is 10.1. The number of ether oxygens (including phenoxy) is 1. The highest BCUT2D eigenvalue weighted by atomic mass is 35.5. The summed E-state index contributed by atoms with van der Waals surface area (Å²) in [6.07, 6.45) is 3.75. The van der Waals surface area contributed by atoms with Gasteiger partial charge in [0.1, 0.15) is 12.4 Å². The zero-order valence-electron chi connectivity index (χ0n) is 16.0. The third-order valence-electron chi connectivity index (χ3n) is 5.32. The van der Waals surface area contributed by atoms with Crippen LogP contribution in [0.25, 0.3) is 32.6 Å². The van der Waals surface area contributed by atoms with Gasteiger partial charge in [0, 0.05) is 41.5 Å². The highest BCUT2D eigenvalue weighted by Gasteiger charge is 2.14. The predicted molar refractivity (Wildman–Crippen MR) is 114 cm³/mol. The van der Waals surface area contributed by atoms with Crippen LogP contribution in [0.4, 0.5) is 0 Å². The van der Waals surface area contributed by atoms with E-state index in [2.05, 4.69) is 48.0 Å². The Morgan fingerprint density at radius 1 is 1.07 bits per heavy atom. The van der Waals surface area contributed by atoms with Crippen molar-refractivity contribution in [2.45, 2.75) is 20.8 Å². The van der Waals surface area contributed by atoms with Crippen LogP contribution in [0.2, 0.25) is 0 Å². The van der Waals surface area contributed by atoms with E-state index in [0.29, 0.717) is 6.61 Å². The first-order valence-electron chi connectivity index (χ1n) is 9.46. The van der Waals surface area contributed by atoms with Crippen LogP contribution in [0.5, 0.6) is 5.75 Å². The van der Waals surface area contributed by atoms with Gasteiger partial charge in [-0.25, -0.2) is 0 Å². The predicted octanol–water partition coefficient (Wildman–Crippen LogP) is 5.37. The fourth-order valence-corrected chi connectivity index (χ4v) is 4.15. The molecule has 0 aliphatic carbocycles. The average molecular weight is 382 g/mol. The van der Waals surface area contributed by atoms with E-state index in [4.69, 9.17) is 16.5 Å². The quantitative estimate of drug-likeness (QED) is 0.449. The molecule has 5 heteroatoms. The maximum Gasteiger partial charge on any atom is 0.120 e. The summed E-state index contributed by atoms with van der Waals surface area (Å²) in [4.78, 5) is 6.73. The van der Waals surface area contributed by atoms with Crippen molar-refractivity contribution in [1.29, 1.82) is 0 Å². The molecule has 0 fully saturated rings. The molecule has 0 N–H and O–H groups in total. The van der Waals surface area contributed by atoms with Crippen molar-refractivity contribution in [2.75, 3.05) is 26.2 Å². The minimum Gasteiger partial charge on any atom is -0.492 e. The highest BCUT2D eigenvalue weighted by Crippen LogP contribution is 2.37. The van der Waals surface area contributed by atoms with Crippen molar-refractivity contribution < 1.29 is 4.74 Å². The van der Waals surface area contributed by atoms with Gasteiger partial charge in [-0.15, -0.1) is 0 Å². The Morgan fingerprint density at radius 3 is 2.67 bits per heavy atom. The molecule has 0 spiro atoms. The van der Waals surface area contributed by atoms with Crippen molar-refractivity contribution >= 4 is 44.4 Å². The second kappa shape index (κ2) is 7.37. The molecule has 4 nitrogen and oxygen atoms in total. The smallest absolute Gasteiger partial charge is 0.120 e. The van der Waals surface area contributed by atoms with Gasteiger partial charge in [-0.05, 0) is 60.6 Å². The molecule has 0 amide bonds. The minimum absolute atomic E-state index is 0.694. The number of aromatic nitrogens is 2. The molecule has 0 aliphatic heterocycles. The topological polar surface area (TPSA) is 30.3 Å². The Hall–Kier alpha value is -2.30. The van der Waals surface area contributed by atoms with Crippen LogP contribution >= 0.6 is 11.8 Å². The summed E-state index contributed by atoms with van der Waals surface area (Å²) < 4.78 is 7.73. The minimum atomic E-state index is 0.694. The van der Waals surface area contributed by atoms with Crippen LogP contribution in [0.15, 0.2) is 42.7 Å². The third-order valence-corrected chi connectivity index (χ3v) is 5.67. The molecule has 0 unspecified atom stereocenters. The van der Waals surface area contributed by atoms with Crippen LogP contribution in [0.1, 0.15) is 19.4 Å². The number of aryl methyl sites for hydroxylation is 1. The summed E-state index contributed by atoms with van der Waals surface area (Å²) in [5, 5.41) is 4.54. The Morgan fingerprint density at radius 2 is 1.89 bits per heavy atom. The normalized spacial score (nSPS) is 11.9. The van der Waals surface area contributed by atoms with Crippen molar-refractivity contribution in [3.8, 4) is 5.75 Å². The van der Waals surface area contributed by atoms with Gasteiger partial charge in [0.2, 0.25) is 0 Å². The largest absolute Gasteiger partial charge is 0.492 e. The molecular formula is C22H24ClN3O. The van der Waals surface area contributed by atoms with E-state index in [1.807, 2.05) is 25.4 Å². The SMILES string of the molecule is CCN(CC)CCOc1ccc2c(ccc3c2c2cncc(C)c2n3Cl)c1. The average Bonchev–Trinajstić information content (AvgIpc) is 2.99. The van der Waals surface area contributed by atoms with E-state index in [1.165, 1.54) is 5.39 Å². The summed E-state index contributed by atoms with van der Waals surface area (Å²) in [5.74, 6) is 0.901. The van der Waals surface area contributed by atoms with Gasteiger partial charge in [-0.1, -0.05) is 19.9 Å². The van der Waals surface area contributed by atoms with E-state index in [-0.39, 0.29) is 0 Å². The molecule has 4 aromatic rings. The standard InChI is InChI=1S/C22H24ClN3O/c1-4-25(5-2)10-11-27-17-7-8-18-16(12-17)6-9-20-21(18)19-14-24-13-15(3)22(19)26(20)23/h6-9,12-14H,4-5,10-11H2,1-3H3. The number of hydrogen-bond donors (Lipinski definition) is 0. The highest BCUT2D eigenvalue weighted by molar-refractivity contribution is 6.30. The van der Waals surface area contributed by atoms with Crippen LogP contribution < -0.4 is 4.74 Å². The molecule has 0 saturated carbocycles. The van der Waals surface area contributed by atoms with E-state index >= 15 is 0 Å². The first kappa shape index (κ1) is 18.1. The van der Waals surface area contributed by atoms with Crippen molar-refractivity contribution in [3.05, 3.63) is 48.3 Å². The molecule has 140 valence electrons. The van der Waals surface area contributed by atoms with Crippen LogP contribution in [0.3, 0.4) is 0 Å². The zero-order valence-corrected chi connectivity index (χ0v) is 16.8. The van der Waals surface area contributed by atoms with E-state index in [9.17, 15) is 0 Å². The van der Waals surface area contributed by atoms with Gasteiger partial charge in [0.05, 0.1) is 11.0 Å². The van der Waals surface area contributed by atoms with Crippen molar-refractivity contribution in [3.63, 3.8) is 0 Å². The number of nitrogens with zero attached hydrogens (tertiary/aromatic N) is 3. The fourth-order valence-electron chi connectivity index (χ4n) is 3.79. The number of halogens is 1. The molecule has 2 aromatic carbocycles. The molecule has 0 aliphatic rings. The van der Waals surface area contributed by atoms with Gasteiger partial charge >= 0.3 is 0 Å². The molecule has 0 bridgehead atoms. The lowest BCUT2D eigenvalue weighted by Crippen LogP contribution is -2.27. The maximum absolute atomic E-state index is 6.61. The fraction of sp³-hybridized carbons (Fsp3) is 0.318. The Balaban J connectivity index is 1.74. The maximum atomic E-state index is 6.61. The molecule has 2 aromatic heterocycles. The monoisotopic (exact) mass is 381 g/mol. The molecular weight excluding hydrogens is 358 g/mol. The summed E-state index contributed by atoms with van der Waals surface area (Å²) in [7, 11) is 0. The first-order valence-corrected chi connectivity index (χ1v) is 9.80. The lowest BCUT2D eigenvalue weighted by molar-refractivity contribution is 0.223. The molecule has 0 atom stereocenters. The van der Waals surface area contributed by atoms with Crippen molar-refractivity contribution in [2.24, 2.45) is 0 Å². The molecule has 27 heavy (non-hydrogen) atoms. The lowest BCUT2D eigenvalue weighted by Gasteiger charge is -2.18. The van der Waals surface area contributed by atoms with E-state index in [0.717, 1.165) is 58.1 Å². The van der Waals surface area contributed by atoms with Crippen LogP contribution in [-0.4, -0.2) is 40.2 Å². The van der Waals surface area contributed by atoms with Gasteiger partial charge in [0.15, 0.2) is 0 Å². The second-order valence-electron chi connectivity index (χ2n) is 6.85. The first-order chi connectivity index (χ1) is 13.1. The van der Waals surface area contributed by atoms with E-state index in [1.54, 1.807) is 4.09 Å². The number of fused-ring (bicyclic) bond motifs is 5. The van der Waals surface area contributed by atoms with E-state index < -0.39 is 0 Å². The van der Waals surface area contributed by atoms with Crippen LogP contribution in [0, 0.1) is 6.92 Å². The number of likely N-dealkylation sites (N-methyl/N-ethyl adjacent to an activating group) is 1. The molecule has 4 rings (SSSR count). The zero-order chi connectivity index (χ0) is 19.0. The molecule has 2 heterocycles. The Bertz CT molecular complexity index is 1120. The number of hydrogen-bond acceptors (Lipinski definition) is 3. The Kier molecular flexibility index (Phi) is 4.94. The van der Waals surface area contributed by atoms with Gasteiger partial charge in [-0.3, -0.25) is 9.07 Å². The number of benzene rings is 2. The van der Waals surface area contributed by atoms with Gasteiger partial charge in [-0.2, -0.15) is 0 Å². The van der Waals surface area contributed by atoms with Crippen LogP contribution in [-0.2, 0) is 0 Å². The molecule has 0 saturated heterocycles. The van der Waals surface area contributed by atoms with Gasteiger partial charge < -0.3 is 9.64 Å². The second-order valence-corrected chi connectivity index (χ2v) is 7.19.